The SMILES string of the molecule is CC(C)(C)OC(=O)N1CCC2(COCC(=O)N2)C1COC[C@H]1CC[C@@H](c2ccccc2OCc2ccccc2)CC1. The second-order valence-electron chi connectivity index (χ2n) is 12.7. The van der Waals surface area contributed by atoms with Crippen molar-refractivity contribution in [3.05, 3.63) is 65.7 Å². The van der Waals surface area contributed by atoms with Gasteiger partial charge in [0, 0.05) is 13.2 Å². The Morgan fingerprint density at radius 2 is 1.76 bits per heavy atom. The molecule has 1 N–H and O–H groups in total. The van der Waals surface area contributed by atoms with Gasteiger partial charge in [0.2, 0.25) is 5.91 Å². The molecule has 2 aromatic carbocycles. The topological polar surface area (TPSA) is 86.3 Å². The molecule has 41 heavy (non-hydrogen) atoms. The van der Waals surface area contributed by atoms with Crippen LogP contribution in [0.3, 0.4) is 0 Å². The van der Waals surface area contributed by atoms with Gasteiger partial charge in [0.05, 0.1) is 24.8 Å². The number of para-hydroxylation sites is 1. The van der Waals surface area contributed by atoms with Gasteiger partial charge in [-0.15, -0.1) is 0 Å². The summed E-state index contributed by atoms with van der Waals surface area (Å²) in [5, 5.41) is 3.12. The normalized spacial score (nSPS) is 26.6. The third kappa shape index (κ3) is 7.41. The Morgan fingerprint density at radius 1 is 1.02 bits per heavy atom. The van der Waals surface area contributed by atoms with Crippen molar-refractivity contribution in [3.63, 3.8) is 0 Å². The molecule has 2 atom stereocenters. The van der Waals surface area contributed by atoms with Crippen LogP contribution in [0.15, 0.2) is 54.6 Å². The Bertz CT molecular complexity index is 1170. The number of amides is 2. The van der Waals surface area contributed by atoms with Gasteiger partial charge < -0.3 is 29.2 Å². The number of carbonyl (C=O) groups excluding carboxylic acids is 2. The van der Waals surface area contributed by atoms with Gasteiger partial charge in [-0.2, -0.15) is 0 Å². The van der Waals surface area contributed by atoms with Crippen molar-refractivity contribution < 1.29 is 28.5 Å². The molecule has 3 fully saturated rings. The maximum Gasteiger partial charge on any atom is 0.410 e. The fourth-order valence-corrected chi connectivity index (χ4v) is 6.39. The molecule has 5 rings (SSSR count). The molecule has 0 bridgehead atoms. The van der Waals surface area contributed by atoms with Crippen LogP contribution in [0.1, 0.15) is 69.9 Å². The molecule has 2 aliphatic heterocycles. The van der Waals surface area contributed by atoms with Gasteiger partial charge in [0.25, 0.3) is 0 Å². The van der Waals surface area contributed by atoms with Gasteiger partial charge in [-0.1, -0.05) is 48.5 Å². The molecule has 2 aromatic rings. The van der Waals surface area contributed by atoms with E-state index in [4.69, 9.17) is 18.9 Å². The lowest BCUT2D eigenvalue weighted by molar-refractivity contribution is -0.137. The smallest absolute Gasteiger partial charge is 0.410 e. The molecule has 1 saturated carbocycles. The van der Waals surface area contributed by atoms with Crippen molar-refractivity contribution in [2.75, 3.05) is 33.0 Å². The average molecular weight is 565 g/mol. The standard InChI is InChI=1S/C33H44N2O6/c1-32(2,3)41-31(37)35-18-17-33(23-39-22-30(36)34-33)29(35)21-38-19-25-13-15-26(16-14-25)27-11-7-8-12-28(27)40-20-24-9-5-4-6-10-24/h4-12,25-26,29H,13-23H2,1-3H3,(H,34,36)/t25-,26+,29?,33?. The van der Waals surface area contributed by atoms with Crippen molar-refractivity contribution in [1.82, 2.24) is 10.2 Å². The quantitative estimate of drug-likeness (QED) is 0.459. The summed E-state index contributed by atoms with van der Waals surface area (Å²) in [5.41, 5.74) is 1.20. The summed E-state index contributed by atoms with van der Waals surface area (Å²) >= 11 is 0. The van der Waals surface area contributed by atoms with E-state index < -0.39 is 11.1 Å². The molecule has 222 valence electrons. The number of benzene rings is 2. The van der Waals surface area contributed by atoms with Crippen LogP contribution >= 0.6 is 0 Å². The third-order valence-corrected chi connectivity index (χ3v) is 8.49. The van der Waals surface area contributed by atoms with Crippen molar-refractivity contribution in [2.24, 2.45) is 5.92 Å². The Hall–Kier alpha value is -3.10. The summed E-state index contributed by atoms with van der Waals surface area (Å²) in [4.78, 5) is 27.0. The van der Waals surface area contributed by atoms with E-state index in [9.17, 15) is 9.59 Å². The predicted octanol–water partition coefficient (Wildman–Crippen LogP) is 5.45. The van der Waals surface area contributed by atoms with E-state index in [0.29, 0.717) is 51.2 Å². The van der Waals surface area contributed by atoms with Crippen LogP contribution in [0.2, 0.25) is 0 Å². The first-order chi connectivity index (χ1) is 19.7. The summed E-state index contributed by atoms with van der Waals surface area (Å²) in [6.45, 7) is 8.00. The molecular formula is C33H44N2O6. The molecule has 2 saturated heterocycles. The van der Waals surface area contributed by atoms with Crippen molar-refractivity contribution in [3.8, 4) is 5.75 Å². The second-order valence-corrected chi connectivity index (χ2v) is 12.7. The number of hydrogen-bond acceptors (Lipinski definition) is 6. The lowest BCUT2D eigenvalue weighted by atomic mass is 9.78. The molecule has 2 amide bonds. The van der Waals surface area contributed by atoms with Gasteiger partial charge in [-0.25, -0.2) is 4.79 Å². The van der Waals surface area contributed by atoms with Crippen LogP contribution in [0, 0.1) is 5.92 Å². The van der Waals surface area contributed by atoms with Crippen LogP contribution in [-0.2, 0) is 25.6 Å². The summed E-state index contributed by atoms with van der Waals surface area (Å²) in [6.07, 6.45) is 4.55. The lowest BCUT2D eigenvalue weighted by Gasteiger charge is -2.41. The maximum atomic E-state index is 13.1. The van der Waals surface area contributed by atoms with Gasteiger partial charge in [-0.3, -0.25) is 4.79 Å². The Morgan fingerprint density at radius 3 is 2.49 bits per heavy atom. The zero-order chi connectivity index (χ0) is 28.9. The van der Waals surface area contributed by atoms with E-state index in [1.165, 1.54) is 5.56 Å². The number of hydrogen-bond donors (Lipinski definition) is 1. The molecular weight excluding hydrogens is 520 g/mol. The lowest BCUT2D eigenvalue weighted by Crippen LogP contribution is -2.65. The number of ether oxygens (including phenoxy) is 4. The molecule has 2 unspecified atom stereocenters. The molecule has 8 nitrogen and oxygen atoms in total. The molecule has 1 spiro atoms. The summed E-state index contributed by atoms with van der Waals surface area (Å²) in [7, 11) is 0. The molecule has 1 aliphatic carbocycles. The summed E-state index contributed by atoms with van der Waals surface area (Å²) in [5.74, 6) is 1.74. The van der Waals surface area contributed by atoms with Gasteiger partial charge in [0.1, 0.15) is 24.6 Å². The molecule has 2 heterocycles. The fourth-order valence-electron chi connectivity index (χ4n) is 6.39. The minimum atomic E-state index is -0.645. The van der Waals surface area contributed by atoms with E-state index in [1.807, 2.05) is 45.0 Å². The average Bonchev–Trinajstić information content (AvgIpc) is 3.29. The second kappa shape index (κ2) is 12.8. The molecule has 3 aliphatic rings. The Balaban J connectivity index is 1.15. The number of nitrogens with one attached hydrogen (secondary N) is 1. The third-order valence-electron chi connectivity index (χ3n) is 8.49. The highest BCUT2D eigenvalue weighted by atomic mass is 16.6. The summed E-state index contributed by atoms with van der Waals surface area (Å²) in [6, 6.07) is 18.3. The minimum absolute atomic E-state index is 0.0471. The van der Waals surface area contributed by atoms with Gasteiger partial charge in [0.15, 0.2) is 0 Å². The van der Waals surface area contributed by atoms with E-state index in [2.05, 4.69) is 35.6 Å². The highest BCUT2D eigenvalue weighted by Crippen LogP contribution is 2.40. The van der Waals surface area contributed by atoms with Crippen LogP contribution in [0.5, 0.6) is 5.75 Å². The van der Waals surface area contributed by atoms with Crippen LogP contribution in [-0.4, -0.2) is 67.1 Å². The van der Waals surface area contributed by atoms with Crippen molar-refractivity contribution in [2.45, 2.75) is 82.6 Å². The van der Waals surface area contributed by atoms with E-state index in [-0.39, 0.29) is 24.6 Å². The van der Waals surface area contributed by atoms with Crippen LogP contribution in [0.4, 0.5) is 4.79 Å². The zero-order valence-corrected chi connectivity index (χ0v) is 24.6. The minimum Gasteiger partial charge on any atom is -0.489 e. The number of carbonyl (C=O) groups is 2. The molecule has 8 heteroatoms. The number of rotatable bonds is 8. The number of morpholine rings is 1. The monoisotopic (exact) mass is 564 g/mol. The van der Waals surface area contributed by atoms with E-state index in [0.717, 1.165) is 37.0 Å². The van der Waals surface area contributed by atoms with E-state index >= 15 is 0 Å². The first kappa shape index (κ1) is 29.4. The Kier molecular flexibility index (Phi) is 9.19. The highest BCUT2D eigenvalue weighted by molar-refractivity contribution is 5.79. The summed E-state index contributed by atoms with van der Waals surface area (Å²) < 4.78 is 23.8. The fraction of sp³-hybridized carbons (Fsp3) is 0.576. The first-order valence-corrected chi connectivity index (χ1v) is 14.9. The van der Waals surface area contributed by atoms with Crippen molar-refractivity contribution >= 4 is 12.0 Å². The molecule has 0 aromatic heterocycles. The van der Waals surface area contributed by atoms with Crippen LogP contribution in [0.25, 0.3) is 0 Å². The highest BCUT2D eigenvalue weighted by Gasteiger charge is 2.53. The number of nitrogens with zero attached hydrogens (tertiary/aromatic N) is 1. The van der Waals surface area contributed by atoms with Gasteiger partial charge >= 0.3 is 6.09 Å². The zero-order valence-electron chi connectivity index (χ0n) is 24.6. The maximum absolute atomic E-state index is 13.1. The predicted molar refractivity (Wildman–Crippen MR) is 156 cm³/mol. The number of likely N-dealkylation sites (tertiary alicyclic amines) is 1. The van der Waals surface area contributed by atoms with Crippen molar-refractivity contribution in [1.29, 1.82) is 0 Å². The van der Waals surface area contributed by atoms with Gasteiger partial charge in [-0.05, 0) is 81.9 Å². The van der Waals surface area contributed by atoms with E-state index in [1.54, 1.807) is 4.90 Å². The van der Waals surface area contributed by atoms with Crippen LogP contribution < -0.4 is 10.1 Å². The first-order valence-electron chi connectivity index (χ1n) is 14.9. The molecule has 0 radical (unpaired) electrons. The largest absolute Gasteiger partial charge is 0.489 e. The Labute approximate surface area is 243 Å².